The van der Waals surface area contributed by atoms with E-state index in [9.17, 15) is 14.4 Å². The second kappa shape index (κ2) is 9.03. The largest absolute Gasteiger partial charge is 0.465 e. The molecule has 1 aromatic rings. The van der Waals surface area contributed by atoms with Gasteiger partial charge < -0.3 is 32.0 Å². The lowest BCUT2D eigenvalue weighted by molar-refractivity contribution is -0.136. The standard InChI is InChI=1S/C15H19ClN6O5/c16-8-2-4-11(18-6-8)21-14(24)13(23)19-9-3-1-7(12(17)22-27)5-10(9)20-15(25)26/h2,4,6-7,9-10,20,27H,1,3,5H2,(H2,17,22)(H,19,23)(H,25,26)(H,18,21,24)/t7-,9-,10+/m0/s1. The maximum absolute atomic E-state index is 12.1. The van der Waals surface area contributed by atoms with E-state index in [1.165, 1.54) is 18.3 Å². The molecular formula is C15H19ClN6O5. The van der Waals surface area contributed by atoms with Gasteiger partial charge in [-0.1, -0.05) is 16.8 Å². The number of amidine groups is 1. The molecule has 0 saturated heterocycles. The first-order valence-corrected chi connectivity index (χ1v) is 8.38. The SMILES string of the molecule is NC(=NO)[C@H]1CC[C@H](NC(=O)C(=O)Nc2ccc(Cl)cn2)[C@H](NC(=O)O)C1. The van der Waals surface area contributed by atoms with Crippen LogP contribution in [0.15, 0.2) is 23.5 Å². The van der Waals surface area contributed by atoms with Gasteiger partial charge in [0, 0.05) is 18.2 Å². The molecule has 146 valence electrons. The molecule has 11 nitrogen and oxygen atoms in total. The fourth-order valence-corrected chi connectivity index (χ4v) is 2.98. The molecule has 1 heterocycles. The average Bonchev–Trinajstić information content (AvgIpc) is 2.63. The predicted octanol–water partition coefficient (Wildman–Crippen LogP) is 0.341. The molecule has 1 aliphatic carbocycles. The third-order valence-electron chi connectivity index (χ3n) is 4.18. The number of nitrogens with one attached hydrogen (secondary N) is 3. The minimum absolute atomic E-state index is 0.0106. The van der Waals surface area contributed by atoms with Crippen LogP contribution < -0.4 is 21.7 Å². The van der Waals surface area contributed by atoms with E-state index in [1.54, 1.807) is 0 Å². The van der Waals surface area contributed by atoms with Crippen LogP contribution in [0.3, 0.4) is 0 Å². The quantitative estimate of drug-likeness (QED) is 0.139. The Balaban J connectivity index is 2.00. The molecule has 1 aliphatic rings. The van der Waals surface area contributed by atoms with E-state index >= 15 is 0 Å². The number of halogens is 1. The molecule has 0 bridgehead atoms. The lowest BCUT2D eigenvalue weighted by Crippen LogP contribution is -2.57. The lowest BCUT2D eigenvalue weighted by Gasteiger charge is -2.35. The maximum Gasteiger partial charge on any atom is 0.404 e. The van der Waals surface area contributed by atoms with Crippen molar-refractivity contribution >= 4 is 41.2 Å². The van der Waals surface area contributed by atoms with Crippen LogP contribution in [-0.4, -0.2) is 51.1 Å². The average molecular weight is 399 g/mol. The van der Waals surface area contributed by atoms with E-state index in [-0.39, 0.29) is 24.0 Å². The Kier molecular flexibility index (Phi) is 6.77. The van der Waals surface area contributed by atoms with Crippen molar-refractivity contribution in [3.05, 3.63) is 23.4 Å². The van der Waals surface area contributed by atoms with E-state index in [1.807, 2.05) is 0 Å². The molecule has 0 spiro atoms. The van der Waals surface area contributed by atoms with Gasteiger partial charge in [-0.25, -0.2) is 9.78 Å². The van der Waals surface area contributed by atoms with Crippen LogP contribution in [0.4, 0.5) is 10.6 Å². The fraction of sp³-hybridized carbons (Fsp3) is 0.400. The summed E-state index contributed by atoms with van der Waals surface area (Å²) < 4.78 is 0. The van der Waals surface area contributed by atoms with Crippen molar-refractivity contribution < 1.29 is 24.7 Å². The van der Waals surface area contributed by atoms with E-state index in [0.29, 0.717) is 17.9 Å². The van der Waals surface area contributed by atoms with Crippen molar-refractivity contribution in [2.24, 2.45) is 16.8 Å². The summed E-state index contributed by atoms with van der Waals surface area (Å²) in [5.74, 6) is -2.08. The Morgan fingerprint density at radius 2 is 1.93 bits per heavy atom. The van der Waals surface area contributed by atoms with Crippen LogP contribution in [0.1, 0.15) is 19.3 Å². The Bertz CT molecular complexity index is 741. The summed E-state index contributed by atoms with van der Waals surface area (Å²) in [6.07, 6.45) is 1.04. The number of nitrogens with two attached hydrogens (primary N) is 1. The van der Waals surface area contributed by atoms with Crippen LogP contribution in [0.25, 0.3) is 0 Å². The summed E-state index contributed by atoms with van der Waals surface area (Å²) in [6.45, 7) is 0. The fourth-order valence-electron chi connectivity index (χ4n) is 2.87. The van der Waals surface area contributed by atoms with Crippen LogP contribution >= 0.6 is 11.6 Å². The summed E-state index contributed by atoms with van der Waals surface area (Å²) in [4.78, 5) is 39.0. The summed E-state index contributed by atoms with van der Waals surface area (Å²) >= 11 is 5.70. The minimum atomic E-state index is -1.28. The Morgan fingerprint density at radius 1 is 1.19 bits per heavy atom. The van der Waals surface area contributed by atoms with Crippen LogP contribution in [0.5, 0.6) is 0 Å². The van der Waals surface area contributed by atoms with Gasteiger partial charge in [0.05, 0.1) is 11.1 Å². The number of carboxylic acid groups (broad SMARTS) is 1. The Morgan fingerprint density at radius 3 is 2.52 bits per heavy atom. The highest BCUT2D eigenvalue weighted by atomic mass is 35.5. The summed E-state index contributed by atoms with van der Waals surface area (Å²) in [5.41, 5.74) is 5.59. The van der Waals surface area contributed by atoms with E-state index in [2.05, 4.69) is 26.1 Å². The van der Waals surface area contributed by atoms with Gasteiger partial charge in [-0.3, -0.25) is 9.59 Å². The van der Waals surface area contributed by atoms with Crippen LogP contribution in [0, 0.1) is 5.92 Å². The molecule has 3 atom stereocenters. The van der Waals surface area contributed by atoms with Gasteiger partial charge in [-0.15, -0.1) is 0 Å². The molecule has 1 saturated carbocycles. The number of oxime groups is 1. The van der Waals surface area contributed by atoms with Crippen molar-refractivity contribution in [1.29, 1.82) is 0 Å². The number of pyridine rings is 1. The predicted molar refractivity (Wildman–Crippen MR) is 95.5 cm³/mol. The van der Waals surface area contributed by atoms with Gasteiger partial charge in [-0.05, 0) is 31.4 Å². The van der Waals surface area contributed by atoms with Crippen molar-refractivity contribution in [3.63, 3.8) is 0 Å². The first kappa shape index (κ1) is 20.2. The molecule has 0 unspecified atom stereocenters. The van der Waals surface area contributed by atoms with E-state index in [4.69, 9.17) is 27.6 Å². The van der Waals surface area contributed by atoms with Gasteiger partial charge in [0.2, 0.25) is 0 Å². The highest BCUT2D eigenvalue weighted by Crippen LogP contribution is 2.25. The number of hydrogen-bond donors (Lipinski definition) is 6. The summed E-state index contributed by atoms with van der Waals surface area (Å²) in [6, 6.07) is 1.61. The normalized spacial score (nSPS) is 22.6. The van der Waals surface area contributed by atoms with Gasteiger partial charge in [0.1, 0.15) is 11.7 Å². The zero-order chi connectivity index (χ0) is 20.0. The molecule has 2 rings (SSSR count). The Hall–Kier alpha value is -3.08. The number of hydrogen-bond acceptors (Lipinski definition) is 6. The highest BCUT2D eigenvalue weighted by Gasteiger charge is 2.35. The van der Waals surface area contributed by atoms with Crippen molar-refractivity contribution in [2.45, 2.75) is 31.3 Å². The van der Waals surface area contributed by atoms with Crippen molar-refractivity contribution in [1.82, 2.24) is 15.6 Å². The van der Waals surface area contributed by atoms with E-state index in [0.717, 1.165) is 0 Å². The number of carbonyl (C=O) groups is 3. The molecule has 1 aromatic heterocycles. The number of carbonyl (C=O) groups excluding carboxylic acids is 2. The first-order valence-electron chi connectivity index (χ1n) is 8.00. The van der Waals surface area contributed by atoms with Gasteiger partial charge in [0.15, 0.2) is 0 Å². The molecule has 0 aliphatic heterocycles. The first-order chi connectivity index (χ1) is 12.8. The Labute approximate surface area is 159 Å². The molecular weight excluding hydrogens is 380 g/mol. The smallest absolute Gasteiger partial charge is 0.404 e. The minimum Gasteiger partial charge on any atom is -0.465 e. The van der Waals surface area contributed by atoms with E-state index < -0.39 is 30.0 Å². The highest BCUT2D eigenvalue weighted by molar-refractivity contribution is 6.39. The molecule has 0 radical (unpaired) electrons. The molecule has 3 amide bonds. The number of amides is 3. The maximum atomic E-state index is 12.1. The third-order valence-corrected chi connectivity index (χ3v) is 4.41. The topological polar surface area (TPSA) is 179 Å². The zero-order valence-electron chi connectivity index (χ0n) is 14.1. The number of anilines is 1. The second-order valence-electron chi connectivity index (χ2n) is 5.99. The summed E-state index contributed by atoms with van der Waals surface area (Å²) in [7, 11) is 0. The van der Waals surface area contributed by atoms with Crippen molar-refractivity contribution in [3.8, 4) is 0 Å². The number of aromatic nitrogens is 1. The molecule has 12 heteroatoms. The van der Waals surface area contributed by atoms with Gasteiger partial charge in [0.25, 0.3) is 0 Å². The third kappa shape index (κ3) is 5.71. The van der Waals surface area contributed by atoms with Crippen LogP contribution in [-0.2, 0) is 9.59 Å². The lowest BCUT2D eigenvalue weighted by atomic mass is 9.81. The van der Waals surface area contributed by atoms with Crippen molar-refractivity contribution in [2.75, 3.05) is 5.32 Å². The van der Waals surface area contributed by atoms with Crippen LogP contribution in [0.2, 0.25) is 5.02 Å². The van der Waals surface area contributed by atoms with Gasteiger partial charge in [-0.2, -0.15) is 0 Å². The van der Waals surface area contributed by atoms with Gasteiger partial charge >= 0.3 is 17.9 Å². The molecule has 7 N–H and O–H groups in total. The molecule has 1 fully saturated rings. The summed E-state index contributed by atoms with van der Waals surface area (Å²) in [5, 5.41) is 28.2. The number of rotatable bonds is 4. The monoisotopic (exact) mass is 398 g/mol. The molecule has 27 heavy (non-hydrogen) atoms. The second-order valence-corrected chi connectivity index (χ2v) is 6.42. The number of nitrogens with zero attached hydrogens (tertiary/aromatic N) is 2. The zero-order valence-corrected chi connectivity index (χ0v) is 14.8. The molecule has 0 aromatic carbocycles.